The summed E-state index contributed by atoms with van der Waals surface area (Å²) < 4.78 is 13.3. The number of halogens is 3. The fourth-order valence-corrected chi connectivity index (χ4v) is 5.02. The van der Waals surface area contributed by atoms with E-state index in [0.29, 0.717) is 33.6 Å². The third-order valence-electron chi connectivity index (χ3n) is 6.33. The lowest BCUT2D eigenvalue weighted by atomic mass is 9.81. The van der Waals surface area contributed by atoms with E-state index in [4.69, 9.17) is 23.2 Å². The molecule has 6 nitrogen and oxygen atoms in total. The van der Waals surface area contributed by atoms with Crippen molar-refractivity contribution >= 4 is 35.0 Å². The Labute approximate surface area is 192 Å². The first-order valence-electron chi connectivity index (χ1n) is 10.8. The Balaban J connectivity index is 1.38. The van der Waals surface area contributed by atoms with Gasteiger partial charge in [-0.15, -0.1) is 0 Å². The zero-order valence-corrected chi connectivity index (χ0v) is 19.1. The van der Waals surface area contributed by atoms with Crippen molar-refractivity contribution in [2.24, 2.45) is 11.8 Å². The molecule has 0 spiro atoms. The molecule has 2 saturated heterocycles. The first-order valence-corrected chi connectivity index (χ1v) is 11.5. The highest BCUT2D eigenvalue weighted by atomic mass is 35.5. The van der Waals surface area contributed by atoms with E-state index in [9.17, 15) is 9.50 Å². The van der Waals surface area contributed by atoms with Crippen molar-refractivity contribution in [1.82, 2.24) is 14.9 Å². The van der Waals surface area contributed by atoms with Gasteiger partial charge in [-0.3, -0.25) is 0 Å². The third-order valence-corrected chi connectivity index (χ3v) is 6.94. The molecular formula is C22H28Cl2FN5O. The van der Waals surface area contributed by atoms with Gasteiger partial charge in [0.1, 0.15) is 10.8 Å². The minimum Gasteiger partial charge on any atom is -0.395 e. The van der Waals surface area contributed by atoms with Crippen LogP contribution in [0.2, 0.25) is 10.0 Å². The lowest BCUT2D eigenvalue weighted by Gasteiger charge is -2.46. The van der Waals surface area contributed by atoms with Gasteiger partial charge in [0.25, 0.3) is 0 Å². The number of hydrogen-bond acceptors (Lipinski definition) is 6. The first kappa shape index (κ1) is 22.5. The van der Waals surface area contributed by atoms with Crippen LogP contribution in [0.5, 0.6) is 0 Å². The Morgan fingerprint density at radius 1 is 1.23 bits per heavy atom. The Bertz CT molecular complexity index is 909. The zero-order chi connectivity index (χ0) is 22.0. The average molecular weight is 468 g/mol. The molecule has 9 heteroatoms. The molecule has 0 bridgehead atoms. The molecule has 3 heterocycles. The minimum absolute atomic E-state index is 0.197. The minimum atomic E-state index is -0.368. The number of rotatable bonds is 7. The largest absolute Gasteiger partial charge is 0.395 e. The fraction of sp³-hybridized carbons (Fsp3) is 0.545. The standard InChI is InChI=1S/C22H28Cl2FN5O/c1-14(18-5-4-17(25)9-19(18)23)27-21-20(24)10-26-22(28-21)30-12-16(13-30)15-3-2-6-29(11-15)7-8-31/h4-5,9-10,14-16,31H,2-3,6-8,11-13H2,1H3,(H,26,27,28)/t14?,15-/m0/s1. The van der Waals surface area contributed by atoms with Crippen LogP contribution in [0.15, 0.2) is 24.4 Å². The molecule has 0 saturated carbocycles. The van der Waals surface area contributed by atoms with Gasteiger partial charge in [0.15, 0.2) is 5.82 Å². The van der Waals surface area contributed by atoms with E-state index in [1.807, 2.05) is 6.92 Å². The number of β-amino-alcohol motifs (C(OH)–C–C–N with tert-alkyl or cyclic N) is 1. The molecule has 2 aliphatic rings. The van der Waals surface area contributed by atoms with Crippen molar-refractivity contribution < 1.29 is 9.50 Å². The predicted octanol–water partition coefficient (Wildman–Crippen LogP) is 4.24. The van der Waals surface area contributed by atoms with Crippen LogP contribution < -0.4 is 10.2 Å². The van der Waals surface area contributed by atoms with Gasteiger partial charge in [-0.05, 0) is 55.8 Å². The van der Waals surface area contributed by atoms with E-state index in [-0.39, 0.29) is 18.5 Å². The number of likely N-dealkylation sites (tertiary alicyclic amines) is 1. The van der Waals surface area contributed by atoms with Crippen molar-refractivity contribution in [2.45, 2.75) is 25.8 Å². The van der Waals surface area contributed by atoms with E-state index in [1.54, 1.807) is 12.3 Å². The number of hydrogen-bond donors (Lipinski definition) is 2. The quantitative estimate of drug-likeness (QED) is 0.634. The molecule has 1 aromatic carbocycles. The maximum absolute atomic E-state index is 13.3. The van der Waals surface area contributed by atoms with Crippen LogP contribution in [-0.4, -0.2) is 59.3 Å². The number of aromatic nitrogens is 2. The lowest BCUT2D eigenvalue weighted by Crippen LogP contribution is -2.54. The van der Waals surface area contributed by atoms with Crippen molar-refractivity contribution in [1.29, 1.82) is 0 Å². The van der Waals surface area contributed by atoms with Gasteiger partial charge in [-0.25, -0.2) is 9.37 Å². The second-order valence-corrected chi connectivity index (χ2v) is 9.30. The van der Waals surface area contributed by atoms with Crippen LogP contribution >= 0.6 is 23.2 Å². The number of nitrogens with one attached hydrogen (secondary N) is 1. The number of benzene rings is 1. The fourth-order valence-electron chi connectivity index (χ4n) is 4.54. The van der Waals surface area contributed by atoms with E-state index in [1.165, 1.54) is 25.0 Å². The van der Waals surface area contributed by atoms with Crippen molar-refractivity contribution in [3.8, 4) is 0 Å². The summed E-state index contributed by atoms with van der Waals surface area (Å²) in [6.07, 6.45) is 4.04. The molecule has 2 aliphatic heterocycles. The molecule has 1 unspecified atom stereocenters. The molecule has 2 aromatic rings. The van der Waals surface area contributed by atoms with Gasteiger partial charge in [0.2, 0.25) is 5.95 Å². The van der Waals surface area contributed by atoms with Crippen molar-refractivity contribution in [3.63, 3.8) is 0 Å². The molecule has 1 aromatic heterocycles. The highest BCUT2D eigenvalue weighted by Crippen LogP contribution is 2.34. The van der Waals surface area contributed by atoms with Gasteiger partial charge in [-0.1, -0.05) is 29.3 Å². The third kappa shape index (κ3) is 5.22. The SMILES string of the molecule is CC(Nc1nc(N2CC([C@H]3CCCN(CCO)C3)C2)ncc1Cl)c1ccc(F)cc1Cl. The van der Waals surface area contributed by atoms with Gasteiger partial charge >= 0.3 is 0 Å². The summed E-state index contributed by atoms with van der Waals surface area (Å²) in [5.74, 6) is 2.10. The number of aliphatic hydroxyl groups is 1. The molecule has 2 N–H and O–H groups in total. The van der Waals surface area contributed by atoms with E-state index in [2.05, 4.69) is 25.1 Å². The van der Waals surface area contributed by atoms with Crippen molar-refractivity contribution in [3.05, 3.63) is 45.8 Å². The Kier molecular flexibility index (Phi) is 7.16. The second kappa shape index (κ2) is 9.86. The second-order valence-electron chi connectivity index (χ2n) is 8.49. The van der Waals surface area contributed by atoms with Crippen LogP contribution in [-0.2, 0) is 0 Å². The monoisotopic (exact) mass is 467 g/mol. The highest BCUT2D eigenvalue weighted by Gasteiger charge is 2.37. The maximum atomic E-state index is 13.3. The lowest BCUT2D eigenvalue weighted by molar-refractivity contribution is 0.101. The summed E-state index contributed by atoms with van der Waals surface area (Å²) in [5, 5.41) is 13.3. The smallest absolute Gasteiger partial charge is 0.227 e. The van der Waals surface area contributed by atoms with E-state index >= 15 is 0 Å². The molecule has 2 atom stereocenters. The molecule has 4 rings (SSSR count). The molecule has 2 fully saturated rings. The van der Waals surface area contributed by atoms with E-state index in [0.717, 1.165) is 38.3 Å². The summed E-state index contributed by atoms with van der Waals surface area (Å²) in [5.41, 5.74) is 0.771. The maximum Gasteiger partial charge on any atom is 0.227 e. The van der Waals surface area contributed by atoms with Crippen LogP contribution in [0.4, 0.5) is 16.2 Å². The van der Waals surface area contributed by atoms with Crippen molar-refractivity contribution in [2.75, 3.05) is 49.5 Å². The summed E-state index contributed by atoms with van der Waals surface area (Å²) in [7, 11) is 0. The number of nitrogens with zero attached hydrogens (tertiary/aromatic N) is 4. The Morgan fingerprint density at radius 2 is 2.03 bits per heavy atom. The average Bonchev–Trinajstić information content (AvgIpc) is 2.70. The van der Waals surface area contributed by atoms with Crippen LogP contribution in [0.25, 0.3) is 0 Å². The predicted molar refractivity (Wildman–Crippen MR) is 122 cm³/mol. The zero-order valence-electron chi connectivity index (χ0n) is 17.6. The summed E-state index contributed by atoms with van der Waals surface area (Å²) in [6, 6.07) is 4.15. The number of piperidine rings is 1. The van der Waals surface area contributed by atoms with Crippen LogP contribution in [0, 0.1) is 17.7 Å². The van der Waals surface area contributed by atoms with Gasteiger partial charge in [0, 0.05) is 31.2 Å². The molecule has 0 amide bonds. The van der Waals surface area contributed by atoms with Gasteiger partial charge in [0.05, 0.1) is 18.8 Å². The first-order chi connectivity index (χ1) is 14.9. The van der Waals surface area contributed by atoms with E-state index < -0.39 is 0 Å². The summed E-state index contributed by atoms with van der Waals surface area (Å²) in [6.45, 7) is 6.91. The Morgan fingerprint density at radius 3 is 2.77 bits per heavy atom. The number of anilines is 2. The van der Waals surface area contributed by atoms with Gasteiger partial charge < -0.3 is 20.2 Å². The highest BCUT2D eigenvalue weighted by molar-refractivity contribution is 6.33. The van der Waals surface area contributed by atoms with Crippen LogP contribution in [0.1, 0.15) is 31.4 Å². The normalized spacial score (nSPS) is 21.1. The number of aliphatic hydroxyl groups excluding tert-OH is 1. The topological polar surface area (TPSA) is 64.5 Å². The molecule has 31 heavy (non-hydrogen) atoms. The summed E-state index contributed by atoms with van der Waals surface area (Å²) in [4.78, 5) is 13.6. The molecule has 168 valence electrons. The molecule has 0 radical (unpaired) electrons. The molecular weight excluding hydrogens is 440 g/mol. The van der Waals surface area contributed by atoms with Crippen LogP contribution in [0.3, 0.4) is 0 Å². The van der Waals surface area contributed by atoms with Gasteiger partial charge in [-0.2, -0.15) is 4.98 Å². The summed E-state index contributed by atoms with van der Waals surface area (Å²) >= 11 is 12.5. The Hall–Kier alpha value is -1.67. The molecule has 0 aliphatic carbocycles.